The van der Waals surface area contributed by atoms with Crippen LogP contribution in [0.15, 0.2) is 41.6 Å². The van der Waals surface area contributed by atoms with Crippen LogP contribution >= 0.6 is 12.2 Å². The van der Waals surface area contributed by atoms with E-state index < -0.39 is 10.0 Å². The van der Waals surface area contributed by atoms with Gasteiger partial charge in [-0.25, -0.2) is 8.42 Å². The molecule has 3 N–H and O–H groups in total. The minimum atomic E-state index is -3.68. The molecule has 8 heteroatoms. The molecule has 0 aliphatic carbocycles. The number of aryl methyl sites for hydroxylation is 1. The number of nitrogens with one attached hydrogen (secondary N) is 1. The Labute approximate surface area is 122 Å². The maximum Gasteiger partial charge on any atom is 0.262 e. The van der Waals surface area contributed by atoms with Gasteiger partial charge < -0.3 is 5.73 Å². The van der Waals surface area contributed by atoms with Gasteiger partial charge in [0, 0.05) is 18.3 Å². The second-order valence-electron chi connectivity index (χ2n) is 4.08. The number of anilines is 1. The molecule has 106 valence electrons. The van der Waals surface area contributed by atoms with Crippen molar-refractivity contribution in [1.29, 1.82) is 0 Å². The number of rotatable bonds is 5. The lowest BCUT2D eigenvalue weighted by Crippen LogP contribution is -2.15. The number of hydrogen-bond donors (Lipinski definition) is 2. The normalized spacial score (nSPS) is 11.2. The summed E-state index contributed by atoms with van der Waals surface area (Å²) >= 11 is 4.84. The van der Waals surface area contributed by atoms with E-state index >= 15 is 0 Å². The standard InChI is InChI=1S/C12H14N4O2S2/c1-2-16-8-10(7-14-16)15-20(17,18)11-5-3-4-9(6-11)12(13)19/h3-8,15H,2H2,1H3,(H2,13,19). The van der Waals surface area contributed by atoms with Gasteiger partial charge in [-0.2, -0.15) is 5.10 Å². The first kappa shape index (κ1) is 14.5. The Balaban J connectivity index is 2.30. The smallest absolute Gasteiger partial charge is 0.262 e. The molecule has 20 heavy (non-hydrogen) atoms. The van der Waals surface area contributed by atoms with E-state index in [1.54, 1.807) is 23.0 Å². The summed E-state index contributed by atoms with van der Waals surface area (Å²) < 4.78 is 28.6. The van der Waals surface area contributed by atoms with E-state index in [4.69, 9.17) is 18.0 Å². The van der Waals surface area contributed by atoms with Crippen molar-refractivity contribution in [2.24, 2.45) is 5.73 Å². The number of nitrogens with zero attached hydrogens (tertiary/aromatic N) is 2. The van der Waals surface area contributed by atoms with Crippen LogP contribution in [0.2, 0.25) is 0 Å². The van der Waals surface area contributed by atoms with Crippen LogP contribution in [0.5, 0.6) is 0 Å². The van der Waals surface area contributed by atoms with Gasteiger partial charge in [0.05, 0.1) is 16.8 Å². The van der Waals surface area contributed by atoms with Gasteiger partial charge in [0.15, 0.2) is 0 Å². The van der Waals surface area contributed by atoms with E-state index in [2.05, 4.69) is 9.82 Å². The predicted molar refractivity (Wildman–Crippen MR) is 81.0 cm³/mol. The highest BCUT2D eigenvalue weighted by Crippen LogP contribution is 2.16. The van der Waals surface area contributed by atoms with Crippen molar-refractivity contribution in [3.63, 3.8) is 0 Å². The Bertz CT molecular complexity index is 737. The third-order valence-electron chi connectivity index (χ3n) is 2.64. The van der Waals surface area contributed by atoms with Crippen molar-refractivity contribution in [2.45, 2.75) is 18.4 Å². The van der Waals surface area contributed by atoms with Gasteiger partial charge in [0.2, 0.25) is 0 Å². The molecule has 0 radical (unpaired) electrons. The first-order chi connectivity index (χ1) is 9.42. The average Bonchev–Trinajstić information content (AvgIpc) is 2.86. The van der Waals surface area contributed by atoms with Gasteiger partial charge in [-0.15, -0.1) is 0 Å². The third kappa shape index (κ3) is 3.14. The molecule has 0 saturated carbocycles. The quantitative estimate of drug-likeness (QED) is 0.813. The van der Waals surface area contributed by atoms with E-state index in [0.29, 0.717) is 17.8 Å². The summed E-state index contributed by atoms with van der Waals surface area (Å²) in [6.45, 7) is 2.58. The highest BCUT2D eigenvalue weighted by molar-refractivity contribution is 7.92. The van der Waals surface area contributed by atoms with E-state index in [1.165, 1.54) is 18.3 Å². The SMILES string of the molecule is CCn1cc(NS(=O)(=O)c2cccc(C(N)=S)c2)cn1. The zero-order chi connectivity index (χ0) is 14.8. The van der Waals surface area contributed by atoms with Gasteiger partial charge in [-0.1, -0.05) is 24.4 Å². The first-order valence-corrected chi connectivity index (χ1v) is 7.76. The van der Waals surface area contributed by atoms with Crippen LogP contribution in [0.25, 0.3) is 0 Å². The lowest BCUT2D eigenvalue weighted by molar-refractivity contribution is 0.601. The van der Waals surface area contributed by atoms with Gasteiger partial charge >= 0.3 is 0 Å². The monoisotopic (exact) mass is 310 g/mol. The molecular formula is C12H14N4O2S2. The molecule has 0 amide bonds. The van der Waals surface area contributed by atoms with Crippen LogP contribution in [0.3, 0.4) is 0 Å². The Morgan fingerprint density at radius 1 is 1.50 bits per heavy atom. The fourth-order valence-corrected chi connectivity index (χ4v) is 2.82. The van der Waals surface area contributed by atoms with Crippen molar-refractivity contribution in [3.05, 3.63) is 42.2 Å². The summed E-state index contributed by atoms with van der Waals surface area (Å²) in [5.41, 5.74) is 6.42. The molecule has 1 aromatic heterocycles. The van der Waals surface area contributed by atoms with Crippen LogP contribution in [0, 0.1) is 0 Å². The number of thiocarbonyl (C=S) groups is 1. The van der Waals surface area contributed by atoms with Crippen LogP contribution < -0.4 is 10.5 Å². The van der Waals surface area contributed by atoms with Gasteiger partial charge in [0.25, 0.3) is 10.0 Å². The molecule has 0 fully saturated rings. The molecule has 6 nitrogen and oxygen atoms in total. The molecule has 2 rings (SSSR count). The fourth-order valence-electron chi connectivity index (χ4n) is 1.62. The maximum absolute atomic E-state index is 12.2. The van der Waals surface area contributed by atoms with E-state index in [-0.39, 0.29) is 9.88 Å². The molecule has 2 aromatic rings. The van der Waals surface area contributed by atoms with E-state index in [0.717, 1.165) is 0 Å². The number of benzene rings is 1. The number of sulfonamides is 1. The first-order valence-electron chi connectivity index (χ1n) is 5.87. The maximum atomic E-state index is 12.2. The van der Waals surface area contributed by atoms with Gasteiger partial charge in [-0.3, -0.25) is 9.40 Å². The highest BCUT2D eigenvalue weighted by atomic mass is 32.2. The molecule has 0 aliphatic rings. The van der Waals surface area contributed by atoms with Gasteiger partial charge in [-0.05, 0) is 19.1 Å². The molecule has 0 spiro atoms. The summed E-state index contributed by atoms with van der Waals surface area (Å²) in [4.78, 5) is 0.257. The summed E-state index contributed by atoms with van der Waals surface area (Å²) in [5.74, 6) is 0. The second-order valence-corrected chi connectivity index (χ2v) is 6.20. The fraction of sp³-hybridized carbons (Fsp3) is 0.167. The molecular weight excluding hydrogens is 296 g/mol. The van der Waals surface area contributed by atoms with E-state index in [1.807, 2.05) is 6.92 Å². The minimum Gasteiger partial charge on any atom is -0.389 e. The molecule has 0 saturated heterocycles. The molecule has 0 bridgehead atoms. The highest BCUT2D eigenvalue weighted by Gasteiger charge is 2.15. The zero-order valence-electron chi connectivity index (χ0n) is 10.8. The number of aromatic nitrogens is 2. The zero-order valence-corrected chi connectivity index (χ0v) is 12.4. The predicted octanol–water partition coefficient (Wildman–Crippen LogP) is 1.34. The molecule has 1 aromatic carbocycles. The van der Waals surface area contributed by atoms with Crippen molar-refractivity contribution in [2.75, 3.05) is 4.72 Å². The van der Waals surface area contributed by atoms with E-state index in [9.17, 15) is 8.42 Å². The lowest BCUT2D eigenvalue weighted by atomic mass is 10.2. The second kappa shape index (κ2) is 5.59. The number of hydrogen-bond acceptors (Lipinski definition) is 4. The lowest BCUT2D eigenvalue weighted by Gasteiger charge is -2.07. The van der Waals surface area contributed by atoms with Crippen LogP contribution in [-0.4, -0.2) is 23.2 Å². The Morgan fingerprint density at radius 3 is 2.85 bits per heavy atom. The Morgan fingerprint density at radius 2 is 2.25 bits per heavy atom. The van der Waals surface area contributed by atoms with Crippen molar-refractivity contribution < 1.29 is 8.42 Å². The molecule has 1 heterocycles. The summed E-state index contributed by atoms with van der Waals surface area (Å²) in [6.07, 6.45) is 3.08. The van der Waals surface area contributed by atoms with Crippen LogP contribution in [0.1, 0.15) is 12.5 Å². The Hall–Kier alpha value is -1.93. The summed E-state index contributed by atoms with van der Waals surface area (Å²) in [5, 5.41) is 4.01. The minimum absolute atomic E-state index is 0.104. The van der Waals surface area contributed by atoms with Crippen molar-refractivity contribution in [1.82, 2.24) is 9.78 Å². The molecule has 0 unspecified atom stereocenters. The largest absolute Gasteiger partial charge is 0.389 e. The summed E-state index contributed by atoms with van der Waals surface area (Å²) in [6, 6.07) is 6.18. The van der Waals surface area contributed by atoms with Crippen molar-refractivity contribution >= 4 is 32.9 Å². The third-order valence-corrected chi connectivity index (χ3v) is 4.25. The summed E-state index contributed by atoms with van der Waals surface area (Å²) in [7, 11) is -3.68. The Kier molecular flexibility index (Phi) is 4.05. The van der Waals surface area contributed by atoms with Gasteiger partial charge in [0.1, 0.15) is 4.99 Å². The van der Waals surface area contributed by atoms with Crippen LogP contribution in [-0.2, 0) is 16.6 Å². The molecule has 0 aliphatic heterocycles. The average molecular weight is 310 g/mol. The topological polar surface area (TPSA) is 90.0 Å². The number of nitrogens with two attached hydrogens (primary N) is 1. The molecule has 0 atom stereocenters. The van der Waals surface area contributed by atoms with Crippen molar-refractivity contribution in [3.8, 4) is 0 Å². The van der Waals surface area contributed by atoms with Crippen LogP contribution in [0.4, 0.5) is 5.69 Å².